The highest BCUT2D eigenvalue weighted by Gasteiger charge is 2.27. The molecule has 3 nitrogen and oxygen atoms in total. The van der Waals surface area contributed by atoms with Gasteiger partial charge in [0.15, 0.2) is 0 Å². The highest BCUT2D eigenvalue weighted by molar-refractivity contribution is 4.85. The largest absolute Gasteiger partial charge is 0.375 e. The van der Waals surface area contributed by atoms with E-state index in [1.54, 1.807) is 0 Å². The fourth-order valence-corrected chi connectivity index (χ4v) is 1.77. The molecule has 0 heterocycles. The summed E-state index contributed by atoms with van der Waals surface area (Å²) in [6.45, 7) is 16.3. The Kier molecular flexibility index (Phi) is 6.53. The van der Waals surface area contributed by atoms with Gasteiger partial charge in [-0.25, -0.2) is 0 Å². The molecule has 0 spiro atoms. The molecule has 0 aromatic rings. The number of nitrogens with two attached hydrogens (primary N) is 1. The Morgan fingerprint density at radius 2 is 1.69 bits per heavy atom. The van der Waals surface area contributed by atoms with Crippen LogP contribution in [0.2, 0.25) is 0 Å². The molecule has 1 atom stereocenters. The van der Waals surface area contributed by atoms with Gasteiger partial charge in [0.05, 0.1) is 12.2 Å². The minimum absolute atomic E-state index is 0.0509. The predicted octanol–water partition coefficient (Wildman–Crippen LogP) is 2.25. The van der Waals surface area contributed by atoms with Gasteiger partial charge in [0.25, 0.3) is 0 Å². The molecule has 0 amide bonds. The highest BCUT2D eigenvalue weighted by Crippen LogP contribution is 2.17. The Hall–Kier alpha value is -0.120. The van der Waals surface area contributed by atoms with Crippen molar-refractivity contribution in [1.82, 2.24) is 4.90 Å². The molecule has 1 unspecified atom stereocenters. The van der Waals surface area contributed by atoms with Gasteiger partial charge in [-0.05, 0) is 40.7 Å². The number of nitrogens with zero attached hydrogens (tertiary/aromatic N) is 1. The van der Waals surface area contributed by atoms with Crippen LogP contribution in [0.4, 0.5) is 0 Å². The minimum Gasteiger partial charge on any atom is -0.375 e. The standard InChI is InChI=1S/C13H30N2O/c1-7-13(6,11-14)15(8-2)9-10-16-12(3,4)5/h7-11,14H2,1-6H3. The number of hydrogen-bond acceptors (Lipinski definition) is 3. The van der Waals surface area contributed by atoms with Gasteiger partial charge in [-0.15, -0.1) is 0 Å². The van der Waals surface area contributed by atoms with Crippen LogP contribution in [0, 0.1) is 0 Å². The van der Waals surface area contributed by atoms with Crippen LogP contribution in [0.15, 0.2) is 0 Å². The number of rotatable bonds is 7. The number of ether oxygens (including phenoxy) is 1. The minimum atomic E-state index is -0.0509. The van der Waals surface area contributed by atoms with Gasteiger partial charge in [0, 0.05) is 18.6 Å². The van der Waals surface area contributed by atoms with Gasteiger partial charge in [0.1, 0.15) is 0 Å². The maximum atomic E-state index is 5.87. The van der Waals surface area contributed by atoms with Gasteiger partial charge in [-0.1, -0.05) is 13.8 Å². The molecule has 0 saturated heterocycles. The van der Waals surface area contributed by atoms with E-state index in [2.05, 4.69) is 46.4 Å². The molecule has 0 aromatic carbocycles. The Morgan fingerprint density at radius 1 is 1.12 bits per heavy atom. The number of likely N-dealkylation sites (N-methyl/N-ethyl adjacent to an activating group) is 1. The Balaban J connectivity index is 4.20. The molecule has 0 aromatic heterocycles. The first-order valence-electron chi connectivity index (χ1n) is 6.38. The molecule has 3 heteroatoms. The monoisotopic (exact) mass is 230 g/mol. The first-order valence-corrected chi connectivity index (χ1v) is 6.38. The summed E-state index contributed by atoms with van der Waals surface area (Å²) in [5.41, 5.74) is 5.93. The maximum absolute atomic E-state index is 5.87. The zero-order chi connectivity index (χ0) is 12.8. The van der Waals surface area contributed by atoms with E-state index in [0.29, 0.717) is 6.54 Å². The summed E-state index contributed by atoms with van der Waals surface area (Å²) in [5, 5.41) is 0. The summed E-state index contributed by atoms with van der Waals surface area (Å²) in [6, 6.07) is 0. The average molecular weight is 230 g/mol. The second-order valence-electron chi connectivity index (χ2n) is 5.60. The van der Waals surface area contributed by atoms with Crippen molar-refractivity contribution < 1.29 is 4.74 Å². The van der Waals surface area contributed by atoms with E-state index in [1.165, 1.54) is 0 Å². The lowest BCUT2D eigenvalue weighted by Crippen LogP contribution is -2.52. The lowest BCUT2D eigenvalue weighted by Gasteiger charge is -2.40. The molecule has 0 radical (unpaired) electrons. The molecule has 2 N–H and O–H groups in total. The van der Waals surface area contributed by atoms with Crippen molar-refractivity contribution in [2.45, 2.75) is 59.1 Å². The molecule has 98 valence electrons. The predicted molar refractivity (Wildman–Crippen MR) is 70.7 cm³/mol. The molecule has 0 fully saturated rings. The van der Waals surface area contributed by atoms with Crippen LogP contribution in [0.5, 0.6) is 0 Å². The summed E-state index contributed by atoms with van der Waals surface area (Å²) < 4.78 is 5.76. The van der Waals surface area contributed by atoms with E-state index in [1.807, 2.05) is 0 Å². The van der Waals surface area contributed by atoms with Crippen LogP contribution in [0.1, 0.15) is 48.0 Å². The number of hydrogen-bond donors (Lipinski definition) is 1. The Labute approximate surface area is 101 Å². The van der Waals surface area contributed by atoms with Crippen LogP contribution < -0.4 is 5.73 Å². The fraction of sp³-hybridized carbons (Fsp3) is 1.00. The van der Waals surface area contributed by atoms with E-state index in [0.717, 1.165) is 26.1 Å². The maximum Gasteiger partial charge on any atom is 0.0600 e. The van der Waals surface area contributed by atoms with E-state index in [4.69, 9.17) is 10.5 Å². The second kappa shape index (κ2) is 6.58. The van der Waals surface area contributed by atoms with Crippen LogP contribution in [-0.4, -0.2) is 42.3 Å². The molecule has 0 bridgehead atoms. The molecule has 16 heavy (non-hydrogen) atoms. The normalized spacial score (nSPS) is 16.5. The Morgan fingerprint density at radius 3 is 2.00 bits per heavy atom. The van der Waals surface area contributed by atoms with Crippen LogP contribution in [0.3, 0.4) is 0 Å². The van der Waals surface area contributed by atoms with Crippen LogP contribution in [0.25, 0.3) is 0 Å². The molecule has 0 rings (SSSR count). The van der Waals surface area contributed by atoms with Crippen LogP contribution >= 0.6 is 0 Å². The molecular weight excluding hydrogens is 200 g/mol. The van der Waals surface area contributed by atoms with E-state index in [9.17, 15) is 0 Å². The topological polar surface area (TPSA) is 38.5 Å². The third-order valence-corrected chi connectivity index (χ3v) is 3.24. The fourth-order valence-electron chi connectivity index (χ4n) is 1.77. The van der Waals surface area contributed by atoms with Crippen molar-refractivity contribution in [2.24, 2.45) is 5.73 Å². The average Bonchev–Trinajstić information content (AvgIpc) is 2.22. The van der Waals surface area contributed by atoms with Crippen molar-refractivity contribution in [2.75, 3.05) is 26.2 Å². The highest BCUT2D eigenvalue weighted by atomic mass is 16.5. The lowest BCUT2D eigenvalue weighted by molar-refractivity contribution is -0.0258. The zero-order valence-corrected chi connectivity index (χ0v) is 12.0. The van der Waals surface area contributed by atoms with Gasteiger partial charge in [0.2, 0.25) is 0 Å². The van der Waals surface area contributed by atoms with Crippen molar-refractivity contribution >= 4 is 0 Å². The van der Waals surface area contributed by atoms with Crippen molar-refractivity contribution in [3.8, 4) is 0 Å². The quantitative estimate of drug-likeness (QED) is 0.729. The summed E-state index contributed by atoms with van der Waals surface area (Å²) in [7, 11) is 0. The lowest BCUT2D eigenvalue weighted by atomic mass is 9.96. The Bertz CT molecular complexity index is 183. The smallest absolute Gasteiger partial charge is 0.0600 e. The SMILES string of the molecule is CCN(CCOC(C)(C)C)C(C)(CC)CN. The summed E-state index contributed by atoms with van der Waals surface area (Å²) >= 11 is 0. The second-order valence-corrected chi connectivity index (χ2v) is 5.60. The summed E-state index contributed by atoms with van der Waals surface area (Å²) in [6.07, 6.45) is 1.08. The summed E-state index contributed by atoms with van der Waals surface area (Å²) in [4.78, 5) is 2.42. The van der Waals surface area contributed by atoms with Gasteiger partial charge >= 0.3 is 0 Å². The molecule has 0 aliphatic rings. The molecule has 0 saturated carbocycles. The molecule has 0 aliphatic heterocycles. The van der Waals surface area contributed by atoms with Crippen molar-refractivity contribution in [1.29, 1.82) is 0 Å². The van der Waals surface area contributed by atoms with Crippen molar-refractivity contribution in [3.05, 3.63) is 0 Å². The van der Waals surface area contributed by atoms with E-state index >= 15 is 0 Å². The zero-order valence-electron chi connectivity index (χ0n) is 12.0. The molecular formula is C13H30N2O. The van der Waals surface area contributed by atoms with E-state index in [-0.39, 0.29) is 11.1 Å². The van der Waals surface area contributed by atoms with Crippen molar-refractivity contribution in [3.63, 3.8) is 0 Å². The van der Waals surface area contributed by atoms with E-state index < -0.39 is 0 Å². The van der Waals surface area contributed by atoms with Gasteiger partial charge in [-0.2, -0.15) is 0 Å². The van der Waals surface area contributed by atoms with Gasteiger partial charge < -0.3 is 10.5 Å². The van der Waals surface area contributed by atoms with Gasteiger partial charge in [-0.3, -0.25) is 4.90 Å². The third-order valence-electron chi connectivity index (χ3n) is 3.24. The third kappa shape index (κ3) is 5.28. The first-order chi connectivity index (χ1) is 7.29. The molecule has 0 aliphatic carbocycles. The van der Waals surface area contributed by atoms with Crippen LogP contribution in [-0.2, 0) is 4.74 Å². The summed E-state index contributed by atoms with van der Waals surface area (Å²) in [5.74, 6) is 0. The first kappa shape index (κ1) is 15.9.